The number of nitrogens with zero attached hydrogens (tertiary/aromatic N) is 1. The van der Waals surface area contributed by atoms with Crippen LogP contribution in [0.25, 0.3) is 0 Å². The molecule has 1 fully saturated rings. The summed E-state index contributed by atoms with van der Waals surface area (Å²) in [6.45, 7) is 1.27. The van der Waals surface area contributed by atoms with Crippen molar-refractivity contribution in [3.8, 4) is 0 Å². The van der Waals surface area contributed by atoms with Crippen molar-refractivity contribution in [2.24, 2.45) is 0 Å². The number of hydrogen-bond acceptors (Lipinski definition) is 3. The first-order chi connectivity index (χ1) is 10.6. The standard InChI is InChI=1S/C16H25N3O3/c20-14-8-6-13(7-9-14)18-16(22)17-10-2-4-12-19-11-3-1-5-15(19)21/h1,3,5,11,13-14,20H,2,4,6-10,12H2,(H2,17,18,22). The molecule has 1 aliphatic rings. The van der Waals surface area contributed by atoms with Gasteiger partial charge in [-0.15, -0.1) is 0 Å². The highest BCUT2D eigenvalue weighted by Gasteiger charge is 2.20. The highest BCUT2D eigenvalue weighted by atomic mass is 16.3. The molecule has 1 aromatic rings. The molecule has 1 aliphatic carbocycles. The minimum atomic E-state index is -0.206. The summed E-state index contributed by atoms with van der Waals surface area (Å²) >= 11 is 0. The molecule has 0 unspecified atom stereocenters. The maximum atomic E-state index is 11.7. The summed E-state index contributed by atoms with van der Waals surface area (Å²) in [5.74, 6) is 0. The van der Waals surface area contributed by atoms with Crippen LogP contribution in [0.4, 0.5) is 4.79 Å². The van der Waals surface area contributed by atoms with Gasteiger partial charge < -0.3 is 20.3 Å². The number of aromatic nitrogens is 1. The molecule has 0 aliphatic heterocycles. The number of pyridine rings is 1. The molecule has 0 saturated heterocycles. The van der Waals surface area contributed by atoms with Crippen molar-refractivity contribution in [1.29, 1.82) is 0 Å². The van der Waals surface area contributed by atoms with Gasteiger partial charge in [0.1, 0.15) is 0 Å². The fourth-order valence-electron chi connectivity index (χ4n) is 2.71. The highest BCUT2D eigenvalue weighted by Crippen LogP contribution is 2.17. The van der Waals surface area contributed by atoms with Crippen LogP contribution in [0.5, 0.6) is 0 Å². The van der Waals surface area contributed by atoms with Gasteiger partial charge in [-0.2, -0.15) is 0 Å². The van der Waals surface area contributed by atoms with Crippen LogP contribution in [-0.2, 0) is 6.54 Å². The van der Waals surface area contributed by atoms with Crippen LogP contribution in [0.15, 0.2) is 29.2 Å². The number of unbranched alkanes of at least 4 members (excludes halogenated alkanes) is 1. The van der Waals surface area contributed by atoms with Crippen molar-refractivity contribution in [3.05, 3.63) is 34.7 Å². The van der Waals surface area contributed by atoms with Gasteiger partial charge in [0.05, 0.1) is 6.10 Å². The van der Waals surface area contributed by atoms with E-state index in [-0.39, 0.29) is 23.7 Å². The molecule has 6 nitrogen and oxygen atoms in total. The number of aliphatic hydroxyl groups is 1. The average Bonchev–Trinajstić information content (AvgIpc) is 2.51. The molecular formula is C16H25N3O3. The zero-order valence-electron chi connectivity index (χ0n) is 12.8. The first-order valence-corrected chi connectivity index (χ1v) is 8.03. The van der Waals surface area contributed by atoms with Crippen LogP contribution < -0.4 is 16.2 Å². The lowest BCUT2D eigenvalue weighted by atomic mass is 9.93. The van der Waals surface area contributed by atoms with E-state index in [1.54, 1.807) is 22.9 Å². The van der Waals surface area contributed by atoms with Crippen LogP contribution in [0, 0.1) is 0 Å². The summed E-state index contributed by atoms with van der Waals surface area (Å²) in [4.78, 5) is 23.2. The van der Waals surface area contributed by atoms with Gasteiger partial charge in [-0.3, -0.25) is 4.79 Å². The maximum absolute atomic E-state index is 11.7. The molecule has 122 valence electrons. The number of rotatable bonds is 6. The van der Waals surface area contributed by atoms with E-state index in [1.165, 1.54) is 0 Å². The van der Waals surface area contributed by atoms with E-state index >= 15 is 0 Å². The number of hydrogen-bond donors (Lipinski definition) is 3. The summed E-state index contributed by atoms with van der Waals surface area (Å²) in [5, 5.41) is 15.2. The fraction of sp³-hybridized carbons (Fsp3) is 0.625. The predicted octanol–water partition coefficient (Wildman–Crippen LogP) is 1.23. The van der Waals surface area contributed by atoms with Crippen LogP contribution in [0.2, 0.25) is 0 Å². The minimum Gasteiger partial charge on any atom is -0.393 e. The van der Waals surface area contributed by atoms with Gasteiger partial charge >= 0.3 is 6.03 Å². The lowest BCUT2D eigenvalue weighted by Crippen LogP contribution is -2.44. The molecule has 0 spiro atoms. The summed E-state index contributed by atoms with van der Waals surface area (Å²) in [6, 6.07) is 5.15. The van der Waals surface area contributed by atoms with Crippen molar-refractivity contribution in [1.82, 2.24) is 15.2 Å². The SMILES string of the molecule is O=C(NCCCCn1ccccc1=O)NC1CCC(O)CC1. The molecule has 1 saturated carbocycles. The van der Waals surface area contributed by atoms with E-state index in [2.05, 4.69) is 10.6 Å². The number of aliphatic hydroxyl groups excluding tert-OH is 1. The molecule has 2 amide bonds. The van der Waals surface area contributed by atoms with Gasteiger partial charge in [0.2, 0.25) is 5.56 Å². The van der Waals surface area contributed by atoms with Crippen LogP contribution in [0.1, 0.15) is 38.5 Å². The molecule has 1 heterocycles. The van der Waals surface area contributed by atoms with Gasteiger partial charge in [0, 0.05) is 31.4 Å². The van der Waals surface area contributed by atoms with Crippen molar-refractivity contribution < 1.29 is 9.90 Å². The van der Waals surface area contributed by atoms with E-state index in [9.17, 15) is 14.7 Å². The summed E-state index contributed by atoms with van der Waals surface area (Å²) in [5.41, 5.74) is 0.00712. The van der Waals surface area contributed by atoms with Gasteiger partial charge in [-0.1, -0.05) is 6.07 Å². The minimum absolute atomic E-state index is 0.00712. The van der Waals surface area contributed by atoms with E-state index in [0.717, 1.165) is 38.5 Å². The molecule has 0 radical (unpaired) electrons. The fourth-order valence-corrected chi connectivity index (χ4v) is 2.71. The number of carbonyl (C=O) groups excluding carboxylic acids is 1. The molecular weight excluding hydrogens is 282 g/mol. The Bertz CT molecular complexity index is 521. The third kappa shape index (κ3) is 5.52. The van der Waals surface area contributed by atoms with Crippen molar-refractivity contribution in [2.75, 3.05) is 6.54 Å². The van der Waals surface area contributed by atoms with Gasteiger partial charge in [-0.25, -0.2) is 4.79 Å². The van der Waals surface area contributed by atoms with E-state index < -0.39 is 0 Å². The smallest absolute Gasteiger partial charge is 0.315 e. The number of urea groups is 1. The third-order valence-corrected chi connectivity index (χ3v) is 4.04. The Morgan fingerprint density at radius 3 is 2.73 bits per heavy atom. The Kier molecular flexibility index (Phi) is 6.45. The second kappa shape index (κ2) is 8.58. The van der Waals surface area contributed by atoms with Crippen LogP contribution in [-0.4, -0.2) is 34.4 Å². The van der Waals surface area contributed by atoms with Gasteiger partial charge in [0.25, 0.3) is 0 Å². The second-order valence-electron chi connectivity index (χ2n) is 5.85. The molecule has 0 aromatic carbocycles. The molecule has 3 N–H and O–H groups in total. The van der Waals surface area contributed by atoms with Crippen molar-refractivity contribution in [3.63, 3.8) is 0 Å². The predicted molar refractivity (Wildman–Crippen MR) is 84.7 cm³/mol. The first kappa shape index (κ1) is 16.5. The third-order valence-electron chi connectivity index (χ3n) is 4.04. The quantitative estimate of drug-likeness (QED) is 0.691. The number of nitrogens with one attached hydrogen (secondary N) is 2. The van der Waals surface area contributed by atoms with Crippen LogP contribution in [0.3, 0.4) is 0 Å². The Hall–Kier alpha value is -1.82. The summed E-state index contributed by atoms with van der Waals surface area (Å²) in [6.07, 6.45) is 6.45. The van der Waals surface area contributed by atoms with Gasteiger partial charge in [0.15, 0.2) is 0 Å². The van der Waals surface area contributed by atoms with Crippen molar-refractivity contribution >= 4 is 6.03 Å². The normalized spacial score (nSPS) is 21.3. The zero-order chi connectivity index (χ0) is 15.8. The summed E-state index contributed by atoms with van der Waals surface area (Å²) in [7, 11) is 0. The highest BCUT2D eigenvalue weighted by molar-refractivity contribution is 5.74. The topological polar surface area (TPSA) is 83.4 Å². The molecule has 0 atom stereocenters. The lowest BCUT2D eigenvalue weighted by molar-refractivity contribution is 0.117. The van der Waals surface area contributed by atoms with E-state index in [0.29, 0.717) is 13.1 Å². The number of aryl methyl sites for hydroxylation is 1. The van der Waals surface area contributed by atoms with E-state index in [4.69, 9.17) is 0 Å². The maximum Gasteiger partial charge on any atom is 0.315 e. The zero-order valence-corrected chi connectivity index (χ0v) is 12.8. The average molecular weight is 307 g/mol. The number of carbonyl (C=O) groups is 1. The molecule has 2 rings (SSSR count). The Morgan fingerprint density at radius 2 is 2.00 bits per heavy atom. The largest absolute Gasteiger partial charge is 0.393 e. The second-order valence-corrected chi connectivity index (χ2v) is 5.85. The van der Waals surface area contributed by atoms with E-state index in [1.807, 2.05) is 6.07 Å². The first-order valence-electron chi connectivity index (χ1n) is 8.03. The Morgan fingerprint density at radius 1 is 1.23 bits per heavy atom. The molecule has 0 bridgehead atoms. The molecule has 6 heteroatoms. The van der Waals surface area contributed by atoms with Crippen LogP contribution >= 0.6 is 0 Å². The Balaban J connectivity index is 1.56. The lowest BCUT2D eigenvalue weighted by Gasteiger charge is -2.26. The molecule has 1 aromatic heterocycles. The summed E-state index contributed by atoms with van der Waals surface area (Å²) < 4.78 is 1.67. The number of amides is 2. The monoisotopic (exact) mass is 307 g/mol. The van der Waals surface area contributed by atoms with Crippen molar-refractivity contribution in [2.45, 2.75) is 57.2 Å². The van der Waals surface area contributed by atoms with Gasteiger partial charge in [-0.05, 0) is 44.6 Å². The molecule has 22 heavy (non-hydrogen) atoms. The Labute approximate surface area is 130 Å².